The molecule has 0 saturated heterocycles. The lowest BCUT2D eigenvalue weighted by atomic mass is 10.4. The van der Waals surface area contributed by atoms with Crippen molar-refractivity contribution in [2.75, 3.05) is 45.9 Å². The average Bonchev–Trinajstić information content (AvgIpc) is 2.37. The van der Waals surface area contributed by atoms with Gasteiger partial charge in [0.25, 0.3) is 0 Å². The minimum Gasteiger partial charge on any atom is -0.378 e. The fraction of sp³-hybridized carbons (Fsp3) is 0.846. The van der Waals surface area contributed by atoms with E-state index in [2.05, 4.69) is 29.4 Å². The van der Waals surface area contributed by atoms with E-state index < -0.39 is 0 Å². The maximum absolute atomic E-state index is 11.3. The second-order valence-corrected chi connectivity index (χ2v) is 4.22. The standard InChI is InChI=1S/C13H27N3O3/c1-4-16(5-2)9-11-19-10-8-15-13(18)6-7-14-12(3)17/h4-11H2,1-3H3,(H,14,17)(H,15,18). The van der Waals surface area contributed by atoms with E-state index >= 15 is 0 Å². The molecular weight excluding hydrogens is 246 g/mol. The number of rotatable bonds is 11. The molecule has 0 spiro atoms. The lowest BCUT2D eigenvalue weighted by Crippen LogP contribution is -2.32. The molecule has 0 heterocycles. The normalized spacial score (nSPS) is 10.5. The molecule has 6 heteroatoms. The molecule has 0 aliphatic rings. The van der Waals surface area contributed by atoms with E-state index in [0.717, 1.165) is 19.6 Å². The zero-order valence-corrected chi connectivity index (χ0v) is 12.3. The van der Waals surface area contributed by atoms with Gasteiger partial charge in [0.1, 0.15) is 0 Å². The van der Waals surface area contributed by atoms with Gasteiger partial charge in [-0.15, -0.1) is 0 Å². The highest BCUT2D eigenvalue weighted by molar-refractivity contribution is 5.77. The van der Waals surface area contributed by atoms with Gasteiger partial charge in [0, 0.05) is 33.0 Å². The summed E-state index contributed by atoms with van der Waals surface area (Å²) in [6, 6.07) is 0. The Bertz CT molecular complexity index is 256. The molecule has 0 aromatic carbocycles. The van der Waals surface area contributed by atoms with Gasteiger partial charge in [0.05, 0.1) is 13.2 Å². The quantitative estimate of drug-likeness (QED) is 0.519. The predicted octanol–water partition coefficient (Wildman–Crippen LogP) is -0.0128. The van der Waals surface area contributed by atoms with Crippen molar-refractivity contribution in [2.24, 2.45) is 0 Å². The van der Waals surface area contributed by atoms with Crippen LogP contribution in [0.1, 0.15) is 27.2 Å². The molecule has 2 amide bonds. The molecule has 19 heavy (non-hydrogen) atoms. The summed E-state index contributed by atoms with van der Waals surface area (Å²) in [5, 5.41) is 5.32. The van der Waals surface area contributed by atoms with Crippen molar-refractivity contribution in [3.05, 3.63) is 0 Å². The van der Waals surface area contributed by atoms with Gasteiger partial charge < -0.3 is 20.3 Å². The van der Waals surface area contributed by atoms with E-state index in [1.165, 1.54) is 6.92 Å². The van der Waals surface area contributed by atoms with Gasteiger partial charge in [-0.05, 0) is 13.1 Å². The maximum Gasteiger partial charge on any atom is 0.221 e. The Hall–Kier alpha value is -1.14. The van der Waals surface area contributed by atoms with Gasteiger partial charge in [0.2, 0.25) is 11.8 Å². The van der Waals surface area contributed by atoms with Crippen LogP contribution in [0.5, 0.6) is 0 Å². The Morgan fingerprint density at radius 2 is 1.74 bits per heavy atom. The Labute approximate surface area is 115 Å². The number of amides is 2. The van der Waals surface area contributed by atoms with Crippen LogP contribution in [0.2, 0.25) is 0 Å². The lowest BCUT2D eigenvalue weighted by molar-refractivity contribution is -0.121. The first kappa shape index (κ1) is 17.9. The second kappa shape index (κ2) is 11.9. The minimum atomic E-state index is -0.118. The zero-order valence-electron chi connectivity index (χ0n) is 12.3. The van der Waals surface area contributed by atoms with Crippen molar-refractivity contribution in [1.29, 1.82) is 0 Å². The van der Waals surface area contributed by atoms with Gasteiger partial charge in [-0.25, -0.2) is 0 Å². The molecule has 112 valence electrons. The third-order valence-electron chi connectivity index (χ3n) is 2.74. The van der Waals surface area contributed by atoms with Crippen LogP contribution in [-0.4, -0.2) is 62.7 Å². The molecule has 0 bridgehead atoms. The fourth-order valence-corrected chi connectivity index (χ4v) is 1.54. The lowest BCUT2D eigenvalue weighted by Gasteiger charge is -2.17. The van der Waals surface area contributed by atoms with Gasteiger partial charge in [-0.2, -0.15) is 0 Å². The minimum absolute atomic E-state index is 0.0684. The molecule has 0 saturated carbocycles. The summed E-state index contributed by atoms with van der Waals surface area (Å²) in [6.07, 6.45) is 0.305. The predicted molar refractivity (Wildman–Crippen MR) is 74.9 cm³/mol. The first-order valence-corrected chi connectivity index (χ1v) is 6.91. The summed E-state index contributed by atoms with van der Waals surface area (Å²) in [7, 11) is 0. The van der Waals surface area contributed by atoms with Crippen LogP contribution >= 0.6 is 0 Å². The van der Waals surface area contributed by atoms with Crippen LogP contribution in [0.4, 0.5) is 0 Å². The molecule has 0 aliphatic carbocycles. The third kappa shape index (κ3) is 11.7. The molecule has 0 aliphatic heterocycles. The number of nitrogens with one attached hydrogen (secondary N) is 2. The molecule has 2 N–H and O–H groups in total. The Balaban J connectivity index is 3.34. The monoisotopic (exact) mass is 273 g/mol. The van der Waals surface area contributed by atoms with Crippen molar-refractivity contribution in [1.82, 2.24) is 15.5 Å². The van der Waals surface area contributed by atoms with Crippen molar-refractivity contribution < 1.29 is 14.3 Å². The molecule has 0 radical (unpaired) electrons. The Morgan fingerprint density at radius 1 is 1.05 bits per heavy atom. The van der Waals surface area contributed by atoms with Crippen LogP contribution in [0.3, 0.4) is 0 Å². The average molecular weight is 273 g/mol. The molecule has 0 aromatic rings. The van der Waals surface area contributed by atoms with Crippen molar-refractivity contribution in [3.8, 4) is 0 Å². The second-order valence-electron chi connectivity index (χ2n) is 4.22. The molecule has 0 atom stereocenters. The molecule has 6 nitrogen and oxygen atoms in total. The van der Waals surface area contributed by atoms with Gasteiger partial charge >= 0.3 is 0 Å². The number of hydrogen-bond acceptors (Lipinski definition) is 4. The number of likely N-dealkylation sites (N-methyl/N-ethyl adjacent to an activating group) is 1. The maximum atomic E-state index is 11.3. The van der Waals surface area contributed by atoms with Crippen LogP contribution < -0.4 is 10.6 Å². The van der Waals surface area contributed by atoms with E-state index in [4.69, 9.17) is 4.74 Å². The Kier molecular flexibility index (Phi) is 11.2. The van der Waals surface area contributed by atoms with Crippen LogP contribution in [-0.2, 0) is 14.3 Å². The molecule has 0 fully saturated rings. The van der Waals surface area contributed by atoms with E-state index in [0.29, 0.717) is 32.7 Å². The molecule has 0 rings (SSSR count). The third-order valence-corrected chi connectivity index (χ3v) is 2.74. The van der Waals surface area contributed by atoms with Crippen LogP contribution in [0.25, 0.3) is 0 Å². The number of carbonyl (C=O) groups is 2. The highest BCUT2D eigenvalue weighted by atomic mass is 16.5. The first-order valence-electron chi connectivity index (χ1n) is 6.91. The van der Waals surface area contributed by atoms with Gasteiger partial charge in [-0.3, -0.25) is 9.59 Å². The van der Waals surface area contributed by atoms with E-state index in [-0.39, 0.29) is 11.8 Å². The van der Waals surface area contributed by atoms with Crippen molar-refractivity contribution in [2.45, 2.75) is 27.2 Å². The van der Waals surface area contributed by atoms with Gasteiger partial charge in [-0.1, -0.05) is 13.8 Å². The highest BCUT2D eigenvalue weighted by Crippen LogP contribution is 1.86. The number of ether oxygens (including phenoxy) is 1. The van der Waals surface area contributed by atoms with Crippen molar-refractivity contribution in [3.63, 3.8) is 0 Å². The van der Waals surface area contributed by atoms with E-state index in [1.807, 2.05) is 0 Å². The van der Waals surface area contributed by atoms with Crippen molar-refractivity contribution >= 4 is 11.8 Å². The Morgan fingerprint density at radius 3 is 2.32 bits per heavy atom. The number of hydrogen-bond donors (Lipinski definition) is 2. The van der Waals surface area contributed by atoms with Crippen LogP contribution in [0, 0.1) is 0 Å². The topological polar surface area (TPSA) is 70.7 Å². The number of nitrogens with zero attached hydrogens (tertiary/aromatic N) is 1. The first-order chi connectivity index (χ1) is 9.10. The smallest absolute Gasteiger partial charge is 0.221 e. The summed E-state index contributed by atoms with van der Waals surface area (Å²) in [4.78, 5) is 24.2. The largest absolute Gasteiger partial charge is 0.378 e. The molecular formula is C13H27N3O3. The SMILES string of the molecule is CCN(CC)CCOCCNC(=O)CCNC(C)=O. The van der Waals surface area contributed by atoms with E-state index in [1.54, 1.807) is 0 Å². The zero-order chi connectivity index (χ0) is 14.5. The van der Waals surface area contributed by atoms with Crippen LogP contribution in [0.15, 0.2) is 0 Å². The fourth-order valence-electron chi connectivity index (χ4n) is 1.54. The highest BCUT2D eigenvalue weighted by Gasteiger charge is 2.01. The summed E-state index contributed by atoms with van der Waals surface area (Å²) < 4.78 is 5.43. The summed E-state index contributed by atoms with van der Waals surface area (Å²) in [5.74, 6) is -0.186. The summed E-state index contributed by atoms with van der Waals surface area (Å²) >= 11 is 0. The molecule has 0 aromatic heterocycles. The number of carbonyl (C=O) groups excluding carboxylic acids is 2. The summed E-state index contributed by atoms with van der Waals surface area (Å²) in [6.45, 7) is 10.7. The van der Waals surface area contributed by atoms with Gasteiger partial charge in [0.15, 0.2) is 0 Å². The van der Waals surface area contributed by atoms with E-state index in [9.17, 15) is 9.59 Å². The molecule has 0 unspecified atom stereocenters. The summed E-state index contributed by atoms with van der Waals surface area (Å²) in [5.41, 5.74) is 0.